The van der Waals surface area contributed by atoms with E-state index in [0.29, 0.717) is 0 Å². The first kappa shape index (κ1) is 10.6. The molecular weight excluding hydrogens is 272 g/mol. The summed E-state index contributed by atoms with van der Waals surface area (Å²) < 4.78 is 0.906. The Balaban J connectivity index is 2.02. The van der Waals surface area contributed by atoms with E-state index >= 15 is 0 Å². The summed E-state index contributed by atoms with van der Waals surface area (Å²) in [6.07, 6.45) is 1.84. The molecule has 0 aromatic carbocycles. The van der Waals surface area contributed by atoms with Gasteiger partial charge in [0.15, 0.2) is 0 Å². The van der Waals surface area contributed by atoms with Gasteiger partial charge < -0.3 is 5.32 Å². The topological polar surface area (TPSA) is 24.9 Å². The Labute approximate surface area is 101 Å². The minimum Gasteiger partial charge on any atom is -0.380 e. The lowest BCUT2D eigenvalue weighted by molar-refractivity contribution is 1.13. The van der Waals surface area contributed by atoms with Gasteiger partial charge >= 0.3 is 0 Å². The summed E-state index contributed by atoms with van der Waals surface area (Å²) in [5, 5.41) is 7.57. The van der Waals surface area contributed by atoms with Crippen LogP contribution in [0.2, 0.25) is 0 Å². The van der Waals surface area contributed by atoms with E-state index < -0.39 is 0 Å². The number of rotatable bonds is 3. The molecule has 1 N–H and O–H groups in total. The van der Waals surface area contributed by atoms with E-state index in [1.54, 1.807) is 11.3 Å². The van der Waals surface area contributed by atoms with Crippen molar-refractivity contribution in [2.24, 2.45) is 0 Å². The van der Waals surface area contributed by atoms with E-state index in [-0.39, 0.29) is 0 Å². The van der Waals surface area contributed by atoms with Crippen LogP contribution < -0.4 is 5.32 Å². The van der Waals surface area contributed by atoms with Gasteiger partial charge in [-0.1, -0.05) is 0 Å². The molecule has 0 atom stereocenters. The number of anilines is 1. The van der Waals surface area contributed by atoms with Crippen LogP contribution in [0.4, 0.5) is 5.69 Å². The van der Waals surface area contributed by atoms with Crippen molar-refractivity contribution in [1.82, 2.24) is 4.98 Å². The Bertz CT molecular complexity index is 440. The second-order valence-corrected chi connectivity index (χ2v) is 4.85. The second kappa shape index (κ2) is 4.77. The molecule has 0 fully saturated rings. The van der Waals surface area contributed by atoms with E-state index in [9.17, 15) is 0 Å². The van der Waals surface area contributed by atoms with Crippen LogP contribution in [0.5, 0.6) is 0 Å². The summed E-state index contributed by atoms with van der Waals surface area (Å²) in [4.78, 5) is 4.24. The summed E-state index contributed by atoms with van der Waals surface area (Å²) >= 11 is 5.10. The third kappa shape index (κ3) is 2.79. The first-order valence-electron chi connectivity index (χ1n) is 4.63. The summed E-state index contributed by atoms with van der Waals surface area (Å²) in [5.41, 5.74) is 3.51. The predicted octanol–water partition coefficient (Wildman–Crippen LogP) is 3.83. The highest BCUT2D eigenvalue weighted by atomic mass is 79.9. The monoisotopic (exact) mass is 282 g/mol. The van der Waals surface area contributed by atoms with Gasteiger partial charge in [-0.15, -0.1) is 0 Å². The smallest absolute Gasteiger partial charge is 0.109 e. The van der Waals surface area contributed by atoms with Crippen molar-refractivity contribution in [2.45, 2.75) is 13.5 Å². The lowest BCUT2D eigenvalue weighted by Gasteiger charge is -2.06. The number of aryl methyl sites for hydroxylation is 1. The average Bonchev–Trinajstić information content (AvgIpc) is 2.73. The molecule has 0 aliphatic carbocycles. The van der Waals surface area contributed by atoms with Gasteiger partial charge in [0.25, 0.3) is 0 Å². The molecule has 2 nitrogen and oxygen atoms in total. The van der Waals surface area contributed by atoms with Crippen LogP contribution in [0.15, 0.2) is 33.7 Å². The van der Waals surface area contributed by atoms with Crippen molar-refractivity contribution in [3.63, 3.8) is 0 Å². The third-order valence-electron chi connectivity index (χ3n) is 2.09. The molecule has 0 unspecified atom stereocenters. The van der Waals surface area contributed by atoms with E-state index in [4.69, 9.17) is 0 Å². The molecule has 2 heterocycles. The van der Waals surface area contributed by atoms with Crippen LogP contribution in [-0.4, -0.2) is 4.98 Å². The van der Waals surface area contributed by atoms with Crippen molar-refractivity contribution in [2.75, 3.05) is 5.32 Å². The highest BCUT2D eigenvalue weighted by molar-refractivity contribution is 9.10. The molecule has 4 heteroatoms. The molecule has 0 amide bonds. The highest BCUT2D eigenvalue weighted by Crippen LogP contribution is 2.17. The van der Waals surface area contributed by atoms with Crippen molar-refractivity contribution >= 4 is 33.0 Å². The summed E-state index contributed by atoms with van der Waals surface area (Å²) in [5.74, 6) is 0. The summed E-state index contributed by atoms with van der Waals surface area (Å²) in [6, 6.07) is 4.21. The Morgan fingerprint density at radius 2 is 2.40 bits per heavy atom. The van der Waals surface area contributed by atoms with Gasteiger partial charge in [0, 0.05) is 6.54 Å². The van der Waals surface area contributed by atoms with Gasteiger partial charge in [-0.3, -0.25) is 0 Å². The van der Waals surface area contributed by atoms with Gasteiger partial charge in [-0.2, -0.15) is 11.3 Å². The van der Waals surface area contributed by atoms with Gasteiger partial charge in [-0.25, -0.2) is 4.98 Å². The Hall–Kier alpha value is -0.870. The standard InChI is InChI=1S/C11H11BrN2S/c1-8-4-10(6-14-11(8)12)13-5-9-2-3-15-7-9/h2-4,6-7,13H,5H2,1H3. The van der Waals surface area contributed by atoms with Crippen LogP contribution in [-0.2, 0) is 6.54 Å². The zero-order valence-corrected chi connectivity index (χ0v) is 10.7. The molecule has 0 aliphatic rings. The van der Waals surface area contributed by atoms with Crippen LogP contribution in [0.25, 0.3) is 0 Å². The number of aromatic nitrogens is 1. The number of thiophene rings is 1. The van der Waals surface area contributed by atoms with Gasteiger partial charge in [0.1, 0.15) is 4.60 Å². The van der Waals surface area contributed by atoms with Gasteiger partial charge in [0.05, 0.1) is 11.9 Å². The van der Waals surface area contributed by atoms with Gasteiger partial charge in [0.2, 0.25) is 0 Å². The molecule has 0 aliphatic heterocycles. The molecule has 0 saturated carbocycles. The van der Waals surface area contributed by atoms with Crippen molar-refractivity contribution in [3.05, 3.63) is 44.8 Å². The fourth-order valence-electron chi connectivity index (χ4n) is 1.25. The SMILES string of the molecule is Cc1cc(NCc2ccsc2)cnc1Br. The fraction of sp³-hybridized carbons (Fsp3) is 0.182. The van der Waals surface area contributed by atoms with Crippen LogP contribution >= 0.6 is 27.3 Å². The van der Waals surface area contributed by atoms with E-state index in [1.807, 2.05) is 13.1 Å². The second-order valence-electron chi connectivity index (χ2n) is 3.32. The minimum atomic E-state index is 0.853. The average molecular weight is 283 g/mol. The maximum atomic E-state index is 4.24. The first-order valence-corrected chi connectivity index (χ1v) is 6.36. The van der Waals surface area contributed by atoms with Gasteiger partial charge in [-0.05, 0) is 56.9 Å². The molecule has 15 heavy (non-hydrogen) atoms. The van der Waals surface area contributed by atoms with E-state index in [1.165, 1.54) is 5.56 Å². The number of halogens is 1. The van der Waals surface area contributed by atoms with E-state index in [0.717, 1.165) is 22.4 Å². The van der Waals surface area contributed by atoms with Crippen molar-refractivity contribution < 1.29 is 0 Å². The maximum Gasteiger partial charge on any atom is 0.109 e. The Morgan fingerprint density at radius 1 is 1.53 bits per heavy atom. The van der Waals surface area contributed by atoms with Crippen molar-refractivity contribution in [3.8, 4) is 0 Å². The van der Waals surface area contributed by atoms with Crippen LogP contribution in [0.1, 0.15) is 11.1 Å². The first-order chi connectivity index (χ1) is 7.25. The normalized spacial score (nSPS) is 10.3. The number of pyridine rings is 1. The molecule has 2 aromatic heterocycles. The molecule has 0 radical (unpaired) electrons. The lowest BCUT2D eigenvalue weighted by atomic mass is 10.3. The Kier molecular flexibility index (Phi) is 3.38. The molecule has 0 bridgehead atoms. The highest BCUT2D eigenvalue weighted by Gasteiger charge is 1.98. The number of hydrogen-bond acceptors (Lipinski definition) is 3. The fourth-order valence-corrected chi connectivity index (χ4v) is 2.14. The van der Waals surface area contributed by atoms with Crippen LogP contribution in [0, 0.1) is 6.92 Å². The molecule has 2 rings (SSSR count). The minimum absolute atomic E-state index is 0.853. The molecule has 0 saturated heterocycles. The Morgan fingerprint density at radius 3 is 3.07 bits per heavy atom. The molecular formula is C11H11BrN2S. The van der Waals surface area contributed by atoms with Crippen molar-refractivity contribution in [1.29, 1.82) is 0 Å². The quantitative estimate of drug-likeness (QED) is 0.866. The zero-order valence-electron chi connectivity index (χ0n) is 8.33. The number of hydrogen-bond donors (Lipinski definition) is 1. The summed E-state index contributed by atoms with van der Waals surface area (Å²) in [7, 11) is 0. The van der Waals surface area contributed by atoms with Crippen LogP contribution in [0.3, 0.4) is 0 Å². The number of nitrogens with zero attached hydrogens (tertiary/aromatic N) is 1. The van der Waals surface area contributed by atoms with E-state index in [2.05, 4.69) is 49.1 Å². The molecule has 78 valence electrons. The predicted molar refractivity (Wildman–Crippen MR) is 68.3 cm³/mol. The molecule has 2 aromatic rings. The largest absolute Gasteiger partial charge is 0.380 e. The third-order valence-corrected chi connectivity index (χ3v) is 3.65. The lowest BCUT2D eigenvalue weighted by Crippen LogP contribution is -1.99. The molecule has 0 spiro atoms. The zero-order chi connectivity index (χ0) is 10.7. The summed E-state index contributed by atoms with van der Waals surface area (Å²) in [6.45, 7) is 2.89. The maximum absolute atomic E-state index is 4.24. The number of nitrogens with one attached hydrogen (secondary N) is 1.